The van der Waals surface area contributed by atoms with Gasteiger partial charge in [-0.2, -0.15) is 0 Å². The maximum absolute atomic E-state index is 10.9. The number of carboxylic acid groups (broad SMARTS) is 1. The lowest BCUT2D eigenvalue weighted by Crippen LogP contribution is -2.60. The van der Waals surface area contributed by atoms with Crippen LogP contribution >= 0.6 is 11.6 Å². The van der Waals surface area contributed by atoms with E-state index in [1.165, 1.54) is 4.90 Å². The summed E-state index contributed by atoms with van der Waals surface area (Å²) in [5.74, 6) is 0.551. The van der Waals surface area contributed by atoms with E-state index in [0.717, 1.165) is 5.56 Å². The second-order valence-electron chi connectivity index (χ2n) is 5.15. The van der Waals surface area contributed by atoms with Crippen molar-refractivity contribution < 1.29 is 9.90 Å². The van der Waals surface area contributed by atoms with Gasteiger partial charge in [0, 0.05) is 26.3 Å². The number of likely N-dealkylation sites (N-methyl/N-ethyl adjacent to an activating group) is 1. The van der Waals surface area contributed by atoms with Gasteiger partial charge in [0.1, 0.15) is 5.52 Å². The first-order chi connectivity index (χ1) is 9.95. The maximum Gasteiger partial charge on any atom is 0.407 e. The molecule has 1 aliphatic heterocycles. The van der Waals surface area contributed by atoms with E-state index >= 15 is 0 Å². The molecule has 0 radical (unpaired) electrons. The van der Waals surface area contributed by atoms with Gasteiger partial charge in [-0.05, 0) is 18.6 Å². The number of anilines is 1. The van der Waals surface area contributed by atoms with E-state index in [4.69, 9.17) is 16.7 Å². The molecular weight excluding hydrogens is 294 g/mol. The Morgan fingerprint density at radius 1 is 1.48 bits per heavy atom. The van der Waals surface area contributed by atoms with Crippen molar-refractivity contribution in [1.82, 2.24) is 19.9 Å². The number of nitrogens with zero attached hydrogens (tertiary/aromatic N) is 5. The summed E-state index contributed by atoms with van der Waals surface area (Å²) in [4.78, 5) is 27.1. The van der Waals surface area contributed by atoms with Crippen molar-refractivity contribution in [3.63, 3.8) is 0 Å². The molecule has 0 unspecified atom stereocenters. The lowest BCUT2D eigenvalue weighted by molar-refractivity contribution is 0.130. The minimum atomic E-state index is -0.938. The molecule has 7 nitrogen and oxygen atoms in total. The van der Waals surface area contributed by atoms with E-state index in [1.807, 2.05) is 17.9 Å². The van der Waals surface area contributed by atoms with Gasteiger partial charge in [-0.1, -0.05) is 11.6 Å². The number of halogens is 1. The first-order valence-corrected chi connectivity index (χ1v) is 6.84. The third-order valence-corrected chi connectivity index (χ3v) is 3.86. The zero-order chi connectivity index (χ0) is 15.1. The summed E-state index contributed by atoms with van der Waals surface area (Å²) in [7, 11) is 1.56. The summed E-state index contributed by atoms with van der Waals surface area (Å²) in [5, 5.41) is 9.25. The fraction of sp³-hybridized carbons (Fsp3) is 0.385. The van der Waals surface area contributed by atoms with Crippen molar-refractivity contribution in [3.05, 3.63) is 23.0 Å². The molecule has 8 heteroatoms. The Labute approximate surface area is 126 Å². The molecule has 0 spiro atoms. The van der Waals surface area contributed by atoms with Crippen molar-refractivity contribution in [2.45, 2.75) is 13.0 Å². The van der Waals surface area contributed by atoms with E-state index in [0.29, 0.717) is 35.2 Å². The van der Waals surface area contributed by atoms with Gasteiger partial charge in [0.2, 0.25) is 0 Å². The fourth-order valence-electron chi connectivity index (χ4n) is 2.25. The topological polar surface area (TPSA) is 82.5 Å². The summed E-state index contributed by atoms with van der Waals surface area (Å²) in [6.45, 7) is 3.03. The Bertz CT molecular complexity index is 717. The van der Waals surface area contributed by atoms with E-state index in [1.54, 1.807) is 13.2 Å². The van der Waals surface area contributed by atoms with Gasteiger partial charge >= 0.3 is 6.09 Å². The number of rotatable bonds is 2. The molecule has 1 amide bonds. The molecular formula is C13H14ClN5O2. The summed E-state index contributed by atoms with van der Waals surface area (Å²) < 4.78 is 0. The van der Waals surface area contributed by atoms with Crippen molar-refractivity contribution in [3.8, 4) is 0 Å². The van der Waals surface area contributed by atoms with Crippen molar-refractivity contribution in [2.24, 2.45) is 0 Å². The zero-order valence-electron chi connectivity index (χ0n) is 11.6. The highest BCUT2D eigenvalue weighted by Gasteiger charge is 2.34. The number of aryl methyl sites for hydroxylation is 1. The van der Waals surface area contributed by atoms with Crippen LogP contribution in [0.5, 0.6) is 0 Å². The van der Waals surface area contributed by atoms with E-state index in [9.17, 15) is 4.79 Å². The summed E-state index contributed by atoms with van der Waals surface area (Å²) in [5.41, 5.74) is 2.19. The van der Waals surface area contributed by atoms with Gasteiger partial charge in [-0.3, -0.25) is 0 Å². The maximum atomic E-state index is 10.9. The molecule has 0 saturated carbocycles. The second-order valence-corrected chi connectivity index (χ2v) is 5.50. The zero-order valence-corrected chi connectivity index (χ0v) is 12.4. The molecule has 0 aromatic carbocycles. The molecule has 21 heavy (non-hydrogen) atoms. The van der Waals surface area contributed by atoms with Crippen molar-refractivity contribution in [2.75, 3.05) is 25.0 Å². The third-order valence-electron chi connectivity index (χ3n) is 3.61. The highest BCUT2D eigenvalue weighted by Crippen LogP contribution is 2.28. The average Bonchev–Trinajstić information content (AvgIpc) is 2.37. The van der Waals surface area contributed by atoms with Gasteiger partial charge < -0.3 is 14.9 Å². The Balaban J connectivity index is 1.84. The highest BCUT2D eigenvalue weighted by molar-refractivity contribution is 6.32. The Hall–Kier alpha value is -2.15. The number of fused-ring (bicyclic) bond motifs is 1. The van der Waals surface area contributed by atoms with Crippen LogP contribution in [0.3, 0.4) is 0 Å². The number of pyridine rings is 1. The van der Waals surface area contributed by atoms with E-state index in [2.05, 4.69) is 15.0 Å². The van der Waals surface area contributed by atoms with Gasteiger partial charge in [0.25, 0.3) is 0 Å². The molecule has 1 fully saturated rings. The van der Waals surface area contributed by atoms with Gasteiger partial charge in [-0.25, -0.2) is 19.7 Å². The normalized spacial score (nSPS) is 15.1. The van der Waals surface area contributed by atoms with Gasteiger partial charge in [0.15, 0.2) is 16.6 Å². The van der Waals surface area contributed by atoms with Crippen LogP contribution in [0.4, 0.5) is 10.6 Å². The number of hydrogen-bond donors (Lipinski definition) is 1. The minimum absolute atomic E-state index is 0.0537. The van der Waals surface area contributed by atoms with Crippen LogP contribution in [-0.2, 0) is 0 Å². The number of amides is 1. The summed E-state index contributed by atoms with van der Waals surface area (Å²) in [6, 6.07) is 1.82. The molecule has 110 valence electrons. The predicted octanol–water partition coefficient (Wildman–Crippen LogP) is 1.79. The smallest absolute Gasteiger partial charge is 0.407 e. The first kappa shape index (κ1) is 13.8. The van der Waals surface area contributed by atoms with Crippen LogP contribution in [0.15, 0.2) is 12.3 Å². The van der Waals surface area contributed by atoms with Crippen LogP contribution in [0, 0.1) is 6.92 Å². The largest absolute Gasteiger partial charge is 0.465 e. The molecule has 3 rings (SSSR count). The molecule has 1 aliphatic rings. The van der Waals surface area contributed by atoms with Crippen molar-refractivity contribution in [1.29, 1.82) is 0 Å². The lowest BCUT2D eigenvalue weighted by atomic mass is 10.1. The Kier molecular flexibility index (Phi) is 3.29. The predicted molar refractivity (Wildman–Crippen MR) is 78.9 cm³/mol. The molecule has 0 aliphatic carbocycles. The Morgan fingerprint density at radius 3 is 2.86 bits per heavy atom. The van der Waals surface area contributed by atoms with Crippen molar-refractivity contribution >= 4 is 34.7 Å². The van der Waals surface area contributed by atoms with Gasteiger partial charge in [0.05, 0.1) is 6.04 Å². The van der Waals surface area contributed by atoms with Crippen LogP contribution in [-0.4, -0.2) is 57.2 Å². The first-order valence-electron chi connectivity index (χ1n) is 6.46. The quantitative estimate of drug-likeness (QED) is 0.910. The highest BCUT2D eigenvalue weighted by atomic mass is 35.5. The Morgan fingerprint density at radius 2 is 2.19 bits per heavy atom. The van der Waals surface area contributed by atoms with Crippen LogP contribution in [0.1, 0.15) is 5.56 Å². The molecule has 1 saturated heterocycles. The SMILES string of the molecule is Cc1cnc2nc(N3CC(N(C)C(=O)O)C3)c(Cl)nc2c1. The molecule has 0 atom stereocenters. The van der Waals surface area contributed by atoms with Gasteiger partial charge in [-0.15, -0.1) is 0 Å². The average molecular weight is 308 g/mol. The van der Waals surface area contributed by atoms with E-state index < -0.39 is 6.09 Å². The molecule has 2 aromatic heterocycles. The lowest BCUT2D eigenvalue weighted by Gasteiger charge is -2.43. The number of carbonyl (C=O) groups is 1. The molecule has 1 N–H and O–H groups in total. The molecule has 0 bridgehead atoms. The minimum Gasteiger partial charge on any atom is -0.465 e. The number of hydrogen-bond acceptors (Lipinski definition) is 5. The molecule has 2 aromatic rings. The third kappa shape index (κ3) is 2.44. The molecule has 3 heterocycles. The second kappa shape index (κ2) is 5.00. The van der Waals surface area contributed by atoms with Crippen LogP contribution in [0.25, 0.3) is 11.2 Å². The van der Waals surface area contributed by atoms with E-state index in [-0.39, 0.29) is 6.04 Å². The fourth-order valence-corrected chi connectivity index (χ4v) is 2.50. The summed E-state index contributed by atoms with van der Waals surface area (Å²) >= 11 is 6.18. The summed E-state index contributed by atoms with van der Waals surface area (Å²) in [6.07, 6.45) is 0.790. The number of aromatic nitrogens is 3. The van der Waals surface area contributed by atoms with Crippen LogP contribution < -0.4 is 4.90 Å². The standard InChI is InChI=1S/C13H14ClN5O2/c1-7-3-9-11(15-4-7)17-12(10(14)16-9)19-5-8(6-19)18(2)13(20)21/h3-4,8H,5-6H2,1-2H3,(H,20,21). The monoisotopic (exact) mass is 307 g/mol. The van der Waals surface area contributed by atoms with Crippen LogP contribution in [0.2, 0.25) is 5.15 Å².